The zero-order valence-corrected chi connectivity index (χ0v) is 10.9. The van der Waals surface area contributed by atoms with E-state index in [0.717, 1.165) is 5.69 Å². The number of rotatable bonds is 3. The van der Waals surface area contributed by atoms with Crippen molar-refractivity contribution in [3.63, 3.8) is 0 Å². The second-order valence-electron chi connectivity index (χ2n) is 4.24. The van der Waals surface area contributed by atoms with E-state index >= 15 is 0 Å². The summed E-state index contributed by atoms with van der Waals surface area (Å²) in [4.78, 5) is 10.3. The van der Waals surface area contributed by atoms with Crippen molar-refractivity contribution in [1.82, 2.24) is 14.9 Å². The third-order valence-electron chi connectivity index (χ3n) is 2.38. The van der Waals surface area contributed by atoms with Gasteiger partial charge >= 0.3 is 0 Å². The number of nitrogens with zero attached hydrogens (tertiary/aromatic N) is 3. The van der Waals surface area contributed by atoms with E-state index in [9.17, 15) is 4.39 Å². The molecule has 5 heteroatoms. The van der Waals surface area contributed by atoms with E-state index in [2.05, 4.69) is 9.97 Å². The Bertz CT molecular complexity index is 558. The van der Waals surface area contributed by atoms with Crippen molar-refractivity contribution in [2.24, 2.45) is 0 Å². The quantitative estimate of drug-likeness (QED) is 0.799. The topological polar surface area (TPSA) is 29.0 Å². The molecule has 0 radical (unpaired) electrons. The van der Waals surface area contributed by atoms with Gasteiger partial charge in [-0.25, -0.2) is 9.37 Å². The van der Waals surface area contributed by atoms with Gasteiger partial charge in [0.05, 0.1) is 17.0 Å². The highest BCUT2D eigenvalue weighted by molar-refractivity contribution is 6.29. The van der Waals surface area contributed by atoms with Crippen LogP contribution in [-0.4, -0.2) is 29.0 Å². The first-order valence-corrected chi connectivity index (χ1v) is 5.86. The van der Waals surface area contributed by atoms with E-state index in [-0.39, 0.29) is 5.15 Å². The molecule has 0 amide bonds. The maximum Gasteiger partial charge on any atom is 0.137 e. The van der Waals surface area contributed by atoms with Crippen LogP contribution in [0.5, 0.6) is 0 Å². The number of hydrogen-bond acceptors (Lipinski definition) is 3. The summed E-state index contributed by atoms with van der Waals surface area (Å²) in [7, 11) is 3.91. The SMILES string of the molecule is CN(C)Cc1cccc(-c2cnc(Cl)cc2F)n1. The Hall–Kier alpha value is -1.52. The Morgan fingerprint density at radius 3 is 2.78 bits per heavy atom. The van der Waals surface area contributed by atoms with Gasteiger partial charge in [0, 0.05) is 18.8 Å². The summed E-state index contributed by atoms with van der Waals surface area (Å²) in [6.07, 6.45) is 1.40. The van der Waals surface area contributed by atoms with E-state index < -0.39 is 5.82 Å². The standard InChI is InChI=1S/C13H13ClFN3/c1-18(2)8-9-4-3-5-12(17-9)10-7-16-13(14)6-11(10)15/h3-7H,8H2,1-2H3. The van der Waals surface area contributed by atoms with Crippen molar-refractivity contribution in [3.05, 3.63) is 47.1 Å². The number of halogens is 2. The molecule has 0 spiro atoms. The zero-order chi connectivity index (χ0) is 13.1. The summed E-state index contributed by atoms with van der Waals surface area (Å²) < 4.78 is 13.8. The molecule has 2 heterocycles. The van der Waals surface area contributed by atoms with E-state index in [1.54, 1.807) is 6.07 Å². The molecule has 18 heavy (non-hydrogen) atoms. The monoisotopic (exact) mass is 265 g/mol. The first kappa shape index (κ1) is 12.9. The molecular formula is C13H13ClFN3. The third-order valence-corrected chi connectivity index (χ3v) is 2.59. The lowest BCUT2D eigenvalue weighted by molar-refractivity contribution is 0.397. The third kappa shape index (κ3) is 3.03. The van der Waals surface area contributed by atoms with E-state index in [4.69, 9.17) is 11.6 Å². The maximum absolute atomic E-state index is 13.8. The molecule has 0 saturated carbocycles. The lowest BCUT2D eigenvalue weighted by atomic mass is 10.1. The highest BCUT2D eigenvalue weighted by atomic mass is 35.5. The Morgan fingerprint density at radius 1 is 1.33 bits per heavy atom. The molecular weight excluding hydrogens is 253 g/mol. The summed E-state index contributed by atoms with van der Waals surface area (Å²) in [5.41, 5.74) is 1.81. The fraction of sp³-hybridized carbons (Fsp3) is 0.231. The van der Waals surface area contributed by atoms with Gasteiger partial charge in [-0.15, -0.1) is 0 Å². The fourth-order valence-corrected chi connectivity index (χ4v) is 1.78. The van der Waals surface area contributed by atoms with Crippen LogP contribution in [0.4, 0.5) is 4.39 Å². The molecule has 0 aliphatic rings. The molecule has 0 aromatic carbocycles. The number of pyridine rings is 2. The van der Waals surface area contributed by atoms with Crippen molar-refractivity contribution in [2.45, 2.75) is 6.54 Å². The first-order valence-electron chi connectivity index (χ1n) is 5.48. The molecule has 0 aliphatic heterocycles. The molecule has 0 N–H and O–H groups in total. The molecule has 0 aliphatic carbocycles. The summed E-state index contributed by atoms with van der Waals surface area (Å²) in [6.45, 7) is 0.705. The van der Waals surface area contributed by atoms with Gasteiger partial charge in [-0.05, 0) is 26.2 Å². The zero-order valence-electron chi connectivity index (χ0n) is 10.2. The molecule has 3 nitrogen and oxygen atoms in total. The molecule has 2 aromatic heterocycles. The van der Waals surface area contributed by atoms with Crippen molar-refractivity contribution in [2.75, 3.05) is 14.1 Å². The number of aromatic nitrogens is 2. The highest BCUT2D eigenvalue weighted by Gasteiger charge is 2.08. The maximum atomic E-state index is 13.8. The van der Waals surface area contributed by atoms with Crippen LogP contribution in [0.2, 0.25) is 5.15 Å². The summed E-state index contributed by atoms with van der Waals surface area (Å²) in [5.74, 6) is -0.412. The summed E-state index contributed by atoms with van der Waals surface area (Å²) in [5, 5.41) is 0.140. The molecule has 0 unspecified atom stereocenters. The van der Waals surface area contributed by atoms with Crippen LogP contribution in [0.15, 0.2) is 30.5 Å². The fourth-order valence-electron chi connectivity index (χ4n) is 1.64. The van der Waals surface area contributed by atoms with Gasteiger partial charge in [-0.1, -0.05) is 17.7 Å². The minimum Gasteiger partial charge on any atom is -0.304 e. The van der Waals surface area contributed by atoms with Crippen molar-refractivity contribution >= 4 is 11.6 Å². The van der Waals surface area contributed by atoms with E-state index in [1.165, 1.54) is 12.3 Å². The lowest BCUT2D eigenvalue weighted by Gasteiger charge is -2.10. The van der Waals surface area contributed by atoms with Gasteiger partial charge < -0.3 is 4.90 Å². The molecule has 0 bridgehead atoms. The Labute approximate surface area is 110 Å². The highest BCUT2D eigenvalue weighted by Crippen LogP contribution is 2.22. The van der Waals surface area contributed by atoms with Gasteiger partial charge in [-0.2, -0.15) is 0 Å². The lowest BCUT2D eigenvalue weighted by Crippen LogP contribution is -2.12. The average molecular weight is 266 g/mol. The second-order valence-corrected chi connectivity index (χ2v) is 4.63. The van der Waals surface area contributed by atoms with Gasteiger partial charge in [0.15, 0.2) is 0 Å². The minimum absolute atomic E-state index is 0.140. The number of hydrogen-bond donors (Lipinski definition) is 0. The second kappa shape index (κ2) is 5.42. The summed E-state index contributed by atoms with van der Waals surface area (Å²) in [6, 6.07) is 6.71. The van der Waals surface area contributed by atoms with Crippen LogP contribution in [0, 0.1) is 5.82 Å². The molecule has 0 saturated heterocycles. The van der Waals surface area contributed by atoms with E-state index in [1.807, 2.05) is 31.1 Å². The first-order chi connectivity index (χ1) is 8.56. The van der Waals surface area contributed by atoms with Crippen LogP contribution >= 0.6 is 11.6 Å². The van der Waals surface area contributed by atoms with Crippen LogP contribution < -0.4 is 0 Å². The van der Waals surface area contributed by atoms with Crippen LogP contribution in [0.3, 0.4) is 0 Å². The summed E-state index contributed by atoms with van der Waals surface area (Å²) >= 11 is 5.63. The van der Waals surface area contributed by atoms with Crippen LogP contribution in [0.25, 0.3) is 11.3 Å². The largest absolute Gasteiger partial charge is 0.304 e. The van der Waals surface area contributed by atoms with Gasteiger partial charge in [-0.3, -0.25) is 4.98 Å². The average Bonchev–Trinajstić information content (AvgIpc) is 2.28. The molecule has 2 rings (SSSR count). The predicted molar refractivity (Wildman–Crippen MR) is 69.8 cm³/mol. The van der Waals surface area contributed by atoms with Gasteiger partial charge in [0.1, 0.15) is 11.0 Å². The van der Waals surface area contributed by atoms with Crippen molar-refractivity contribution < 1.29 is 4.39 Å². The van der Waals surface area contributed by atoms with Crippen LogP contribution in [0.1, 0.15) is 5.69 Å². The Balaban J connectivity index is 2.38. The molecule has 94 valence electrons. The molecule has 0 atom stereocenters. The minimum atomic E-state index is -0.412. The van der Waals surface area contributed by atoms with Crippen molar-refractivity contribution in [1.29, 1.82) is 0 Å². The van der Waals surface area contributed by atoms with Gasteiger partial charge in [0.25, 0.3) is 0 Å². The van der Waals surface area contributed by atoms with E-state index in [0.29, 0.717) is 17.8 Å². The predicted octanol–water partition coefficient (Wildman–Crippen LogP) is 3.00. The normalized spacial score (nSPS) is 10.9. The Kier molecular flexibility index (Phi) is 3.89. The molecule has 0 fully saturated rings. The van der Waals surface area contributed by atoms with Gasteiger partial charge in [0.2, 0.25) is 0 Å². The smallest absolute Gasteiger partial charge is 0.137 e. The van der Waals surface area contributed by atoms with Crippen molar-refractivity contribution in [3.8, 4) is 11.3 Å². The molecule has 2 aromatic rings. The van der Waals surface area contributed by atoms with Crippen LogP contribution in [-0.2, 0) is 6.54 Å². The Morgan fingerprint density at radius 2 is 2.11 bits per heavy atom.